The lowest BCUT2D eigenvalue weighted by molar-refractivity contribution is -0.137. The highest BCUT2D eigenvalue weighted by Gasteiger charge is 2.30. The molecule has 1 rings (SSSR count). The minimum absolute atomic E-state index is 0.0880. The number of alkyl halides is 4. The minimum Gasteiger partial charge on any atom is -0.399 e. The van der Waals surface area contributed by atoms with Gasteiger partial charge in [0.05, 0.1) is 12.2 Å². The first-order valence-electron chi connectivity index (χ1n) is 4.96. The van der Waals surface area contributed by atoms with E-state index in [1.807, 2.05) is 0 Å². The SMILES string of the molecule is Nc1cc(CCCCF)cc(C(F)(F)F)c1. The molecule has 16 heavy (non-hydrogen) atoms. The van der Waals surface area contributed by atoms with Gasteiger partial charge in [0.15, 0.2) is 0 Å². The standard InChI is InChI=1S/C11H13F4N/c12-4-2-1-3-8-5-9(11(13,14)15)7-10(16)6-8/h5-7H,1-4,16H2. The summed E-state index contributed by atoms with van der Waals surface area (Å²) in [5.41, 5.74) is 5.23. The van der Waals surface area contributed by atoms with Gasteiger partial charge in [-0.05, 0) is 43.0 Å². The lowest BCUT2D eigenvalue weighted by Crippen LogP contribution is -2.06. The van der Waals surface area contributed by atoms with Gasteiger partial charge in [-0.25, -0.2) is 0 Å². The monoisotopic (exact) mass is 235 g/mol. The zero-order chi connectivity index (χ0) is 12.2. The Morgan fingerprint density at radius 1 is 1.06 bits per heavy atom. The fraction of sp³-hybridized carbons (Fsp3) is 0.455. The second kappa shape index (κ2) is 5.18. The normalized spacial score (nSPS) is 11.8. The van der Waals surface area contributed by atoms with E-state index in [2.05, 4.69) is 0 Å². The molecule has 0 heterocycles. The van der Waals surface area contributed by atoms with Crippen molar-refractivity contribution in [3.63, 3.8) is 0 Å². The van der Waals surface area contributed by atoms with E-state index in [0.717, 1.165) is 12.1 Å². The Hall–Kier alpha value is -1.26. The van der Waals surface area contributed by atoms with Crippen LogP contribution < -0.4 is 5.73 Å². The molecule has 0 saturated carbocycles. The van der Waals surface area contributed by atoms with Crippen LogP contribution in [0.2, 0.25) is 0 Å². The summed E-state index contributed by atoms with van der Waals surface area (Å²) in [6.45, 7) is -0.450. The second-order valence-corrected chi connectivity index (χ2v) is 3.61. The summed E-state index contributed by atoms with van der Waals surface area (Å²) in [4.78, 5) is 0. The zero-order valence-corrected chi connectivity index (χ0v) is 8.65. The predicted molar refractivity (Wildman–Crippen MR) is 54.8 cm³/mol. The van der Waals surface area contributed by atoms with Gasteiger partial charge < -0.3 is 5.73 Å². The van der Waals surface area contributed by atoms with Gasteiger partial charge in [-0.2, -0.15) is 13.2 Å². The van der Waals surface area contributed by atoms with Crippen LogP contribution in [0, 0.1) is 0 Å². The Morgan fingerprint density at radius 3 is 2.31 bits per heavy atom. The van der Waals surface area contributed by atoms with E-state index < -0.39 is 18.4 Å². The maximum atomic E-state index is 12.4. The van der Waals surface area contributed by atoms with E-state index in [1.165, 1.54) is 6.07 Å². The summed E-state index contributed by atoms with van der Waals surface area (Å²) < 4.78 is 49.1. The number of rotatable bonds is 4. The van der Waals surface area contributed by atoms with Crippen LogP contribution in [0.15, 0.2) is 18.2 Å². The third-order valence-electron chi connectivity index (χ3n) is 2.19. The van der Waals surface area contributed by atoms with Crippen LogP contribution in [0.3, 0.4) is 0 Å². The smallest absolute Gasteiger partial charge is 0.399 e. The Morgan fingerprint density at radius 2 is 1.75 bits per heavy atom. The summed E-state index contributed by atoms with van der Waals surface area (Å²) in [6, 6.07) is 3.46. The van der Waals surface area contributed by atoms with Crippen molar-refractivity contribution >= 4 is 5.69 Å². The van der Waals surface area contributed by atoms with Crippen molar-refractivity contribution in [1.82, 2.24) is 0 Å². The molecule has 1 aromatic carbocycles. The van der Waals surface area contributed by atoms with Crippen LogP contribution in [0.1, 0.15) is 24.0 Å². The molecular formula is C11H13F4N. The van der Waals surface area contributed by atoms with E-state index in [1.54, 1.807) is 0 Å². The molecule has 0 amide bonds. The molecule has 0 aliphatic rings. The number of anilines is 1. The van der Waals surface area contributed by atoms with Crippen LogP contribution in [-0.2, 0) is 12.6 Å². The average molecular weight is 235 g/mol. The average Bonchev–Trinajstić information content (AvgIpc) is 2.16. The van der Waals surface area contributed by atoms with Crippen molar-refractivity contribution < 1.29 is 17.6 Å². The van der Waals surface area contributed by atoms with Crippen LogP contribution in [0.25, 0.3) is 0 Å². The lowest BCUT2D eigenvalue weighted by Gasteiger charge is -2.10. The molecule has 1 aromatic rings. The maximum Gasteiger partial charge on any atom is 0.416 e. The summed E-state index contributed by atoms with van der Waals surface area (Å²) in [7, 11) is 0. The van der Waals surface area contributed by atoms with Gasteiger partial charge in [0.25, 0.3) is 0 Å². The Bertz CT molecular complexity index is 346. The highest BCUT2D eigenvalue weighted by atomic mass is 19.4. The summed E-state index contributed by atoms with van der Waals surface area (Å²) in [6.07, 6.45) is -3.09. The first-order chi connectivity index (χ1) is 7.43. The Balaban J connectivity index is 2.82. The molecule has 90 valence electrons. The molecule has 0 bridgehead atoms. The van der Waals surface area contributed by atoms with Crippen molar-refractivity contribution in [2.75, 3.05) is 12.4 Å². The quantitative estimate of drug-likeness (QED) is 0.482. The molecule has 0 aromatic heterocycles. The fourth-order valence-corrected chi connectivity index (χ4v) is 1.45. The van der Waals surface area contributed by atoms with E-state index in [0.29, 0.717) is 24.8 Å². The first-order valence-corrected chi connectivity index (χ1v) is 4.96. The molecule has 0 radical (unpaired) electrons. The molecule has 0 saturated heterocycles. The third kappa shape index (κ3) is 3.72. The van der Waals surface area contributed by atoms with Crippen LogP contribution in [0.4, 0.5) is 23.2 Å². The summed E-state index contributed by atoms with van der Waals surface area (Å²) in [5, 5.41) is 0. The number of benzene rings is 1. The van der Waals surface area contributed by atoms with Crippen LogP contribution in [0.5, 0.6) is 0 Å². The second-order valence-electron chi connectivity index (χ2n) is 3.61. The predicted octanol–water partition coefficient (Wildman–Crippen LogP) is 3.58. The Labute approximate surface area is 91.3 Å². The number of aryl methyl sites for hydroxylation is 1. The van der Waals surface area contributed by atoms with Gasteiger partial charge >= 0.3 is 6.18 Å². The van der Waals surface area contributed by atoms with Crippen molar-refractivity contribution in [3.8, 4) is 0 Å². The molecule has 0 fully saturated rings. The number of hydrogen-bond donors (Lipinski definition) is 1. The van der Waals surface area contributed by atoms with Gasteiger partial charge in [0, 0.05) is 5.69 Å². The highest BCUT2D eigenvalue weighted by molar-refractivity contribution is 5.45. The third-order valence-corrected chi connectivity index (χ3v) is 2.19. The number of halogens is 4. The number of unbranched alkanes of at least 4 members (excludes halogenated alkanes) is 1. The van der Waals surface area contributed by atoms with E-state index >= 15 is 0 Å². The fourth-order valence-electron chi connectivity index (χ4n) is 1.45. The largest absolute Gasteiger partial charge is 0.416 e. The maximum absolute atomic E-state index is 12.4. The summed E-state index contributed by atoms with van der Waals surface area (Å²) >= 11 is 0. The number of hydrogen-bond acceptors (Lipinski definition) is 1. The molecule has 1 nitrogen and oxygen atoms in total. The van der Waals surface area contributed by atoms with E-state index in [9.17, 15) is 17.6 Å². The van der Waals surface area contributed by atoms with Crippen LogP contribution >= 0.6 is 0 Å². The zero-order valence-electron chi connectivity index (χ0n) is 8.65. The Kier molecular flexibility index (Phi) is 4.15. The van der Waals surface area contributed by atoms with Gasteiger partial charge in [-0.15, -0.1) is 0 Å². The molecule has 0 spiro atoms. The molecule has 0 aliphatic carbocycles. The lowest BCUT2D eigenvalue weighted by atomic mass is 10.0. The highest BCUT2D eigenvalue weighted by Crippen LogP contribution is 2.31. The van der Waals surface area contributed by atoms with Crippen molar-refractivity contribution in [2.24, 2.45) is 0 Å². The number of nitrogen functional groups attached to an aromatic ring is 1. The van der Waals surface area contributed by atoms with E-state index in [-0.39, 0.29) is 5.69 Å². The number of nitrogens with two attached hydrogens (primary N) is 1. The molecule has 0 aliphatic heterocycles. The topological polar surface area (TPSA) is 26.0 Å². The first kappa shape index (κ1) is 12.8. The van der Waals surface area contributed by atoms with Crippen LogP contribution in [-0.4, -0.2) is 6.67 Å². The molecule has 5 heteroatoms. The van der Waals surface area contributed by atoms with Crippen molar-refractivity contribution in [3.05, 3.63) is 29.3 Å². The van der Waals surface area contributed by atoms with Crippen molar-refractivity contribution in [2.45, 2.75) is 25.4 Å². The summed E-state index contributed by atoms with van der Waals surface area (Å²) in [5.74, 6) is 0. The van der Waals surface area contributed by atoms with E-state index in [4.69, 9.17) is 5.73 Å². The van der Waals surface area contributed by atoms with Gasteiger partial charge in [-0.3, -0.25) is 4.39 Å². The van der Waals surface area contributed by atoms with Gasteiger partial charge in [0.1, 0.15) is 0 Å². The molecule has 0 atom stereocenters. The van der Waals surface area contributed by atoms with Crippen molar-refractivity contribution in [1.29, 1.82) is 0 Å². The van der Waals surface area contributed by atoms with Gasteiger partial charge in [-0.1, -0.05) is 0 Å². The molecular weight excluding hydrogens is 222 g/mol. The minimum atomic E-state index is -4.38. The van der Waals surface area contributed by atoms with Gasteiger partial charge in [0.2, 0.25) is 0 Å². The molecule has 2 N–H and O–H groups in total. The molecule has 0 unspecified atom stereocenters.